The van der Waals surface area contributed by atoms with E-state index in [1.54, 1.807) is 13.0 Å². The summed E-state index contributed by atoms with van der Waals surface area (Å²) in [6.07, 6.45) is 8.19. The summed E-state index contributed by atoms with van der Waals surface area (Å²) in [7, 11) is 0. The number of aliphatic hydroxyl groups excluding tert-OH is 1. The second kappa shape index (κ2) is 10.3. The molecule has 1 N–H and O–H groups in total. The second-order valence-electron chi connectivity index (χ2n) is 4.44. The number of ether oxygens (including phenoxy) is 2. The number of carbonyl (C=O) groups is 1. The third-order valence-electron chi connectivity index (χ3n) is 2.89. The number of rotatable bonds is 8. The lowest BCUT2D eigenvalue weighted by molar-refractivity contribution is -0.142. The van der Waals surface area contributed by atoms with Gasteiger partial charge in [-0.05, 0) is 31.6 Å². The van der Waals surface area contributed by atoms with Crippen molar-refractivity contribution in [2.45, 2.75) is 20.3 Å². The van der Waals surface area contributed by atoms with Gasteiger partial charge in [0, 0.05) is 5.56 Å². The van der Waals surface area contributed by atoms with E-state index in [2.05, 4.69) is 0 Å². The van der Waals surface area contributed by atoms with Gasteiger partial charge in [0.05, 0.1) is 19.3 Å². The van der Waals surface area contributed by atoms with Crippen molar-refractivity contribution < 1.29 is 19.4 Å². The number of esters is 1. The number of allylic oxidation sites excluding steroid dienone is 3. The van der Waals surface area contributed by atoms with Crippen LogP contribution in [0.1, 0.15) is 19.4 Å². The SMILES string of the molecule is C\C=C(/C=C/C=C\O)COc1ccccc1CC(=O)OCC. The first kappa shape index (κ1) is 17.6. The van der Waals surface area contributed by atoms with E-state index in [9.17, 15) is 4.79 Å². The maximum atomic E-state index is 11.6. The van der Waals surface area contributed by atoms with E-state index in [0.717, 1.165) is 17.4 Å². The Balaban J connectivity index is 2.71. The van der Waals surface area contributed by atoms with Crippen molar-refractivity contribution in [1.82, 2.24) is 0 Å². The molecule has 0 unspecified atom stereocenters. The van der Waals surface area contributed by atoms with E-state index in [0.29, 0.717) is 19.0 Å². The monoisotopic (exact) mass is 302 g/mol. The highest BCUT2D eigenvalue weighted by Gasteiger charge is 2.09. The van der Waals surface area contributed by atoms with Crippen molar-refractivity contribution in [2.24, 2.45) is 0 Å². The van der Waals surface area contributed by atoms with E-state index in [4.69, 9.17) is 14.6 Å². The molecule has 1 aromatic carbocycles. The highest BCUT2D eigenvalue weighted by Crippen LogP contribution is 2.19. The van der Waals surface area contributed by atoms with Crippen molar-refractivity contribution in [2.75, 3.05) is 13.2 Å². The van der Waals surface area contributed by atoms with Gasteiger partial charge in [-0.1, -0.05) is 36.4 Å². The van der Waals surface area contributed by atoms with Crippen LogP contribution < -0.4 is 4.74 Å². The average molecular weight is 302 g/mol. The fourth-order valence-electron chi connectivity index (χ4n) is 1.78. The normalized spacial score (nSPS) is 12.0. The topological polar surface area (TPSA) is 55.8 Å². The zero-order valence-corrected chi connectivity index (χ0v) is 13.0. The van der Waals surface area contributed by atoms with Gasteiger partial charge < -0.3 is 14.6 Å². The molecule has 4 heteroatoms. The number of hydrogen-bond donors (Lipinski definition) is 1. The van der Waals surface area contributed by atoms with E-state index in [1.807, 2.05) is 43.3 Å². The zero-order valence-electron chi connectivity index (χ0n) is 13.0. The van der Waals surface area contributed by atoms with Crippen LogP contribution in [-0.4, -0.2) is 24.3 Å². The van der Waals surface area contributed by atoms with Crippen molar-refractivity contribution in [3.8, 4) is 5.75 Å². The number of para-hydroxylation sites is 1. The molecule has 0 amide bonds. The lowest BCUT2D eigenvalue weighted by Gasteiger charge is -2.11. The van der Waals surface area contributed by atoms with E-state index < -0.39 is 0 Å². The standard InChI is InChI=1S/C18H22O4/c1-3-15(9-7-8-12-19)14-22-17-11-6-5-10-16(17)13-18(20)21-4-2/h3,5-12,19H,4,13-14H2,1-2H3/b9-7+,12-8-,15-3+. The first-order valence-corrected chi connectivity index (χ1v) is 7.20. The van der Waals surface area contributed by atoms with Crippen LogP contribution in [-0.2, 0) is 16.0 Å². The fourth-order valence-corrected chi connectivity index (χ4v) is 1.78. The van der Waals surface area contributed by atoms with Gasteiger partial charge in [0.2, 0.25) is 0 Å². The smallest absolute Gasteiger partial charge is 0.310 e. The fraction of sp³-hybridized carbons (Fsp3) is 0.278. The van der Waals surface area contributed by atoms with Crippen molar-refractivity contribution in [1.29, 1.82) is 0 Å². The molecule has 0 spiro atoms. The Hall–Kier alpha value is -2.49. The molecular weight excluding hydrogens is 280 g/mol. The summed E-state index contributed by atoms with van der Waals surface area (Å²) >= 11 is 0. The second-order valence-corrected chi connectivity index (χ2v) is 4.44. The quantitative estimate of drug-likeness (QED) is 0.451. The first-order chi connectivity index (χ1) is 10.7. The van der Waals surface area contributed by atoms with Gasteiger partial charge in [0.1, 0.15) is 12.4 Å². The van der Waals surface area contributed by atoms with Crippen LogP contribution in [0.2, 0.25) is 0 Å². The van der Waals surface area contributed by atoms with E-state index in [-0.39, 0.29) is 12.4 Å². The van der Waals surface area contributed by atoms with Gasteiger partial charge in [0.25, 0.3) is 0 Å². The summed E-state index contributed by atoms with van der Waals surface area (Å²) in [6, 6.07) is 7.42. The molecule has 1 aromatic rings. The molecule has 0 atom stereocenters. The Kier molecular flexibility index (Phi) is 8.20. The Morgan fingerprint density at radius 2 is 2.05 bits per heavy atom. The molecule has 0 heterocycles. The Labute approximate surface area is 131 Å². The van der Waals surface area contributed by atoms with Crippen LogP contribution in [0, 0.1) is 0 Å². The molecule has 1 rings (SSSR count). The third-order valence-corrected chi connectivity index (χ3v) is 2.89. The molecule has 0 fully saturated rings. The molecule has 0 aliphatic heterocycles. The molecule has 0 bridgehead atoms. The van der Waals surface area contributed by atoms with Crippen LogP contribution in [0.3, 0.4) is 0 Å². The number of aliphatic hydroxyl groups is 1. The summed E-state index contributed by atoms with van der Waals surface area (Å²) in [5.41, 5.74) is 1.76. The van der Waals surface area contributed by atoms with Crippen molar-refractivity contribution in [3.05, 3.63) is 66.0 Å². The first-order valence-electron chi connectivity index (χ1n) is 7.20. The van der Waals surface area contributed by atoms with Crippen LogP contribution >= 0.6 is 0 Å². The summed E-state index contributed by atoms with van der Waals surface area (Å²) in [5.74, 6) is 0.402. The van der Waals surface area contributed by atoms with Crippen molar-refractivity contribution in [3.63, 3.8) is 0 Å². The Bertz CT molecular complexity index is 556. The zero-order chi connectivity index (χ0) is 16.2. The Morgan fingerprint density at radius 3 is 2.73 bits per heavy atom. The molecule has 0 radical (unpaired) electrons. The summed E-state index contributed by atoms with van der Waals surface area (Å²) in [4.78, 5) is 11.6. The maximum Gasteiger partial charge on any atom is 0.310 e. The highest BCUT2D eigenvalue weighted by atomic mass is 16.5. The molecular formula is C18H22O4. The van der Waals surface area contributed by atoms with Crippen LogP contribution in [0.5, 0.6) is 5.75 Å². The number of carbonyl (C=O) groups excluding carboxylic acids is 1. The number of hydrogen-bond acceptors (Lipinski definition) is 4. The average Bonchev–Trinajstić information content (AvgIpc) is 2.52. The van der Waals surface area contributed by atoms with Gasteiger partial charge in [-0.15, -0.1) is 0 Å². The molecule has 0 aliphatic carbocycles. The largest absolute Gasteiger partial charge is 0.516 e. The van der Waals surface area contributed by atoms with E-state index in [1.165, 1.54) is 6.08 Å². The molecule has 118 valence electrons. The van der Waals surface area contributed by atoms with Crippen LogP contribution in [0.25, 0.3) is 0 Å². The highest BCUT2D eigenvalue weighted by molar-refractivity contribution is 5.73. The minimum Gasteiger partial charge on any atom is -0.516 e. The van der Waals surface area contributed by atoms with Crippen LogP contribution in [0.4, 0.5) is 0 Å². The minimum absolute atomic E-state index is 0.193. The summed E-state index contributed by atoms with van der Waals surface area (Å²) in [6.45, 7) is 4.45. The van der Waals surface area contributed by atoms with Gasteiger partial charge >= 0.3 is 5.97 Å². The lowest BCUT2D eigenvalue weighted by Crippen LogP contribution is -2.09. The van der Waals surface area contributed by atoms with Crippen molar-refractivity contribution >= 4 is 5.97 Å². The van der Waals surface area contributed by atoms with Gasteiger partial charge in [-0.25, -0.2) is 0 Å². The molecule has 0 saturated carbocycles. The third kappa shape index (κ3) is 6.31. The molecule has 0 aliphatic rings. The van der Waals surface area contributed by atoms with Gasteiger partial charge in [0.15, 0.2) is 0 Å². The molecule has 0 aromatic heterocycles. The minimum atomic E-state index is -0.266. The summed E-state index contributed by atoms with van der Waals surface area (Å²) < 4.78 is 10.8. The number of benzene rings is 1. The molecule has 4 nitrogen and oxygen atoms in total. The van der Waals surface area contributed by atoms with Crippen LogP contribution in [0.15, 0.2) is 60.4 Å². The lowest BCUT2D eigenvalue weighted by atomic mass is 10.1. The van der Waals surface area contributed by atoms with Gasteiger partial charge in [-0.2, -0.15) is 0 Å². The maximum absolute atomic E-state index is 11.6. The van der Waals surface area contributed by atoms with Gasteiger partial charge in [-0.3, -0.25) is 4.79 Å². The Morgan fingerprint density at radius 1 is 1.27 bits per heavy atom. The van der Waals surface area contributed by atoms with E-state index >= 15 is 0 Å². The predicted octanol–water partition coefficient (Wildman–Crippen LogP) is 3.75. The predicted molar refractivity (Wildman–Crippen MR) is 86.9 cm³/mol. The summed E-state index contributed by atoms with van der Waals surface area (Å²) in [5, 5.41) is 8.60. The molecule has 0 saturated heterocycles. The molecule has 22 heavy (non-hydrogen) atoms.